The molecule has 1 aliphatic heterocycles. The fourth-order valence-corrected chi connectivity index (χ4v) is 6.03. The first-order valence-electron chi connectivity index (χ1n) is 8.76. The molecule has 0 fully saturated rings. The van der Waals surface area contributed by atoms with Crippen molar-refractivity contribution in [1.82, 2.24) is 4.98 Å². The molecule has 3 aromatic carbocycles. The van der Waals surface area contributed by atoms with E-state index >= 15 is 0 Å². The molecule has 1 unspecified atom stereocenters. The van der Waals surface area contributed by atoms with Gasteiger partial charge >= 0.3 is 0 Å². The normalized spacial score (nSPS) is 21.1. The molecule has 1 nitrogen and oxygen atoms in total. The quantitative estimate of drug-likeness (QED) is 0.398. The molecule has 2 heterocycles. The first-order chi connectivity index (χ1) is 12.2. The third kappa shape index (κ3) is 1.70. The van der Waals surface area contributed by atoms with Crippen LogP contribution in [0, 0.1) is 0 Å². The summed E-state index contributed by atoms with van der Waals surface area (Å²) in [7, 11) is 0. The van der Waals surface area contributed by atoms with Crippen molar-refractivity contribution in [1.29, 1.82) is 0 Å². The fraction of sp³-hybridized carbons (Fsp3) is 0.130. The van der Waals surface area contributed by atoms with Gasteiger partial charge in [0.1, 0.15) is 0 Å². The van der Waals surface area contributed by atoms with E-state index in [0.29, 0.717) is 0 Å². The first-order valence-corrected chi connectivity index (χ1v) is 9.57. The summed E-state index contributed by atoms with van der Waals surface area (Å²) in [6.07, 6.45) is 3.45. The van der Waals surface area contributed by atoms with E-state index < -0.39 is 0 Å². The highest BCUT2D eigenvalue weighted by Gasteiger charge is 2.44. The molecule has 0 saturated heterocycles. The third-order valence-corrected chi connectivity index (χ3v) is 7.21. The number of fused-ring (bicyclic) bond motifs is 8. The number of rotatable bonds is 0. The Balaban J connectivity index is 1.66. The Labute approximate surface area is 150 Å². The maximum absolute atomic E-state index is 3.62. The van der Waals surface area contributed by atoms with Crippen LogP contribution in [0.25, 0.3) is 27.8 Å². The van der Waals surface area contributed by atoms with Crippen molar-refractivity contribution < 1.29 is 0 Å². The molecule has 25 heavy (non-hydrogen) atoms. The number of allylic oxidation sites excluding steroid dienone is 1. The van der Waals surface area contributed by atoms with E-state index in [2.05, 4.69) is 78.6 Å². The third-order valence-electron chi connectivity index (χ3n) is 5.86. The molecule has 120 valence electrons. The van der Waals surface area contributed by atoms with Crippen LogP contribution in [-0.2, 0) is 11.8 Å². The molecular formula is C23H17NS. The van der Waals surface area contributed by atoms with Gasteiger partial charge in [-0.3, -0.25) is 0 Å². The SMILES string of the molecule is CC12Cc3c([nH]c4ccccc34)C=C1Sc1ccc3ccccc3c12. The van der Waals surface area contributed by atoms with E-state index in [1.807, 2.05) is 11.8 Å². The Morgan fingerprint density at radius 3 is 2.64 bits per heavy atom. The number of thioether (sulfide) groups is 1. The largest absolute Gasteiger partial charge is 0.355 e. The topological polar surface area (TPSA) is 15.8 Å². The monoisotopic (exact) mass is 339 g/mol. The summed E-state index contributed by atoms with van der Waals surface area (Å²) < 4.78 is 0. The lowest BCUT2D eigenvalue weighted by atomic mass is 9.72. The maximum atomic E-state index is 3.62. The summed E-state index contributed by atoms with van der Waals surface area (Å²) in [5.74, 6) is 0. The molecule has 1 atom stereocenters. The van der Waals surface area contributed by atoms with Crippen LogP contribution in [-0.4, -0.2) is 4.98 Å². The van der Waals surface area contributed by atoms with Crippen molar-refractivity contribution in [2.75, 3.05) is 0 Å². The van der Waals surface area contributed by atoms with Gasteiger partial charge in [0.05, 0.1) is 0 Å². The summed E-state index contributed by atoms with van der Waals surface area (Å²) >= 11 is 1.95. The minimum absolute atomic E-state index is 0.0683. The lowest BCUT2D eigenvalue weighted by molar-refractivity contribution is 0.584. The Kier molecular flexibility index (Phi) is 2.53. The number of aromatic nitrogens is 1. The van der Waals surface area contributed by atoms with Gasteiger partial charge in [0, 0.05) is 31.8 Å². The summed E-state index contributed by atoms with van der Waals surface area (Å²) in [5, 5.41) is 4.11. The van der Waals surface area contributed by atoms with E-state index in [4.69, 9.17) is 0 Å². The second-order valence-corrected chi connectivity index (χ2v) is 8.43. The molecule has 1 aromatic heterocycles. The molecule has 0 spiro atoms. The Hall–Kier alpha value is -2.45. The summed E-state index contributed by atoms with van der Waals surface area (Å²) in [6, 6.07) is 22.1. The van der Waals surface area contributed by atoms with E-state index in [1.165, 1.54) is 48.3 Å². The van der Waals surface area contributed by atoms with Crippen molar-refractivity contribution in [3.8, 4) is 0 Å². The molecule has 2 heteroatoms. The molecule has 6 rings (SSSR count). The summed E-state index contributed by atoms with van der Waals surface area (Å²) in [5.41, 5.74) is 5.58. The van der Waals surface area contributed by atoms with Crippen molar-refractivity contribution in [2.45, 2.75) is 23.7 Å². The fourth-order valence-electron chi connectivity index (χ4n) is 4.64. The van der Waals surface area contributed by atoms with Crippen LogP contribution in [0.5, 0.6) is 0 Å². The number of benzene rings is 3. The molecule has 0 amide bonds. The predicted octanol–water partition coefficient (Wildman–Crippen LogP) is 6.28. The number of H-pyrrole nitrogens is 1. The van der Waals surface area contributed by atoms with E-state index in [1.54, 1.807) is 0 Å². The molecule has 0 bridgehead atoms. The van der Waals surface area contributed by atoms with E-state index in [-0.39, 0.29) is 5.41 Å². The van der Waals surface area contributed by atoms with Crippen molar-refractivity contribution >= 4 is 39.5 Å². The number of nitrogens with one attached hydrogen (secondary N) is 1. The highest BCUT2D eigenvalue weighted by atomic mass is 32.2. The van der Waals surface area contributed by atoms with Gasteiger partial charge in [-0.25, -0.2) is 0 Å². The van der Waals surface area contributed by atoms with Crippen LogP contribution in [0.4, 0.5) is 0 Å². The Morgan fingerprint density at radius 1 is 0.920 bits per heavy atom. The van der Waals surface area contributed by atoms with Gasteiger partial charge < -0.3 is 4.98 Å². The van der Waals surface area contributed by atoms with Crippen LogP contribution in [0.15, 0.2) is 70.5 Å². The lowest BCUT2D eigenvalue weighted by Gasteiger charge is -2.31. The second kappa shape index (κ2) is 4.59. The zero-order valence-electron chi connectivity index (χ0n) is 14.0. The molecule has 0 saturated carbocycles. The molecule has 0 radical (unpaired) electrons. The van der Waals surface area contributed by atoms with Crippen LogP contribution >= 0.6 is 11.8 Å². The van der Waals surface area contributed by atoms with Crippen molar-refractivity contribution in [3.63, 3.8) is 0 Å². The summed E-state index contributed by atoms with van der Waals surface area (Å²) in [6.45, 7) is 2.43. The molecule has 1 N–H and O–H groups in total. The highest BCUT2D eigenvalue weighted by Crippen LogP contribution is 2.58. The number of hydrogen-bond donors (Lipinski definition) is 1. The van der Waals surface area contributed by atoms with Gasteiger partial charge in [0.2, 0.25) is 0 Å². The zero-order chi connectivity index (χ0) is 16.6. The Morgan fingerprint density at radius 2 is 1.72 bits per heavy atom. The first kappa shape index (κ1) is 13.8. The molecule has 1 aliphatic carbocycles. The number of aromatic amines is 1. The van der Waals surface area contributed by atoms with E-state index in [9.17, 15) is 0 Å². The van der Waals surface area contributed by atoms with Gasteiger partial charge in [-0.1, -0.05) is 67.2 Å². The summed E-state index contributed by atoms with van der Waals surface area (Å²) in [4.78, 5) is 6.51. The minimum atomic E-state index is 0.0683. The molecule has 2 aliphatic rings. The van der Waals surface area contributed by atoms with Crippen LogP contribution in [0.1, 0.15) is 23.7 Å². The predicted molar refractivity (Wildman–Crippen MR) is 107 cm³/mol. The van der Waals surface area contributed by atoms with Gasteiger partial charge in [-0.05, 0) is 46.5 Å². The van der Waals surface area contributed by atoms with Crippen molar-refractivity contribution in [3.05, 3.63) is 82.4 Å². The average Bonchev–Trinajstić information content (AvgIpc) is 3.13. The standard InChI is InChI=1S/C23H17NS/c1-23-13-17-16-8-4-5-9-18(16)24-19(17)12-21(23)25-20-11-10-14-6-2-3-7-15(14)22(20)23/h2-12,24H,13H2,1H3. The molecular weight excluding hydrogens is 322 g/mol. The second-order valence-electron chi connectivity index (χ2n) is 7.34. The minimum Gasteiger partial charge on any atom is -0.355 e. The number of para-hydroxylation sites is 1. The molecule has 4 aromatic rings. The van der Waals surface area contributed by atoms with Crippen LogP contribution in [0.2, 0.25) is 0 Å². The van der Waals surface area contributed by atoms with Crippen LogP contribution in [0.3, 0.4) is 0 Å². The van der Waals surface area contributed by atoms with Gasteiger partial charge in [-0.15, -0.1) is 0 Å². The average molecular weight is 339 g/mol. The zero-order valence-corrected chi connectivity index (χ0v) is 14.8. The maximum Gasteiger partial charge on any atom is 0.0461 e. The van der Waals surface area contributed by atoms with Crippen molar-refractivity contribution in [2.24, 2.45) is 0 Å². The smallest absolute Gasteiger partial charge is 0.0461 e. The van der Waals surface area contributed by atoms with Gasteiger partial charge in [0.15, 0.2) is 0 Å². The number of hydrogen-bond acceptors (Lipinski definition) is 1. The highest BCUT2D eigenvalue weighted by molar-refractivity contribution is 8.03. The van der Waals surface area contributed by atoms with Gasteiger partial charge in [-0.2, -0.15) is 0 Å². The van der Waals surface area contributed by atoms with E-state index in [0.717, 1.165) is 6.42 Å². The Bertz CT molecular complexity index is 1210. The lowest BCUT2D eigenvalue weighted by Crippen LogP contribution is -2.26. The van der Waals surface area contributed by atoms with Crippen LogP contribution < -0.4 is 0 Å². The van der Waals surface area contributed by atoms with Gasteiger partial charge in [0.25, 0.3) is 0 Å².